The third-order valence-electron chi connectivity index (χ3n) is 4.39. The molecule has 1 aliphatic rings. The van der Waals surface area contributed by atoms with Crippen LogP contribution < -0.4 is 0 Å². The smallest absolute Gasteiger partial charge is 0.223 e. The number of carbonyl (C=O) groups is 1. The summed E-state index contributed by atoms with van der Waals surface area (Å²) in [4.78, 5) is 14.1. The number of carbonyl (C=O) groups excluding carboxylic acids is 1. The van der Waals surface area contributed by atoms with E-state index < -0.39 is 0 Å². The summed E-state index contributed by atoms with van der Waals surface area (Å²) >= 11 is 0. The lowest BCUT2D eigenvalue weighted by atomic mass is 9.98. The van der Waals surface area contributed by atoms with Gasteiger partial charge in [-0.3, -0.25) is 4.79 Å². The largest absolute Gasteiger partial charge is 0.350 e. The minimum absolute atomic E-state index is 0.281. The van der Waals surface area contributed by atoms with E-state index in [0.717, 1.165) is 19.5 Å². The zero-order chi connectivity index (χ0) is 15.7. The molecule has 0 radical (unpaired) electrons. The lowest BCUT2D eigenvalue weighted by Gasteiger charge is -2.27. The highest BCUT2D eigenvalue weighted by Gasteiger charge is 2.20. The first kappa shape index (κ1) is 14.9. The predicted molar refractivity (Wildman–Crippen MR) is 91.5 cm³/mol. The van der Waals surface area contributed by atoms with Gasteiger partial charge in [-0.1, -0.05) is 38.1 Å². The molecule has 22 heavy (non-hydrogen) atoms. The summed E-state index contributed by atoms with van der Waals surface area (Å²) in [6, 6.07) is 8.50. The second-order valence-electron chi connectivity index (χ2n) is 6.59. The Morgan fingerprint density at radius 2 is 2.05 bits per heavy atom. The maximum absolute atomic E-state index is 12.2. The number of hydrogen-bond acceptors (Lipinski definition) is 1. The van der Waals surface area contributed by atoms with Crippen molar-refractivity contribution in [3.63, 3.8) is 0 Å². The molecule has 1 aromatic carbocycles. The molecule has 0 fully saturated rings. The molecule has 1 amide bonds. The number of aromatic nitrogens is 1. The van der Waals surface area contributed by atoms with Gasteiger partial charge in [0.15, 0.2) is 0 Å². The van der Waals surface area contributed by atoms with E-state index in [1.807, 2.05) is 4.90 Å². The van der Waals surface area contributed by atoms with Crippen LogP contribution in [0.25, 0.3) is 16.5 Å². The normalized spacial score (nSPS) is 15.5. The highest BCUT2D eigenvalue weighted by atomic mass is 16.2. The van der Waals surface area contributed by atoms with Crippen molar-refractivity contribution < 1.29 is 4.79 Å². The van der Waals surface area contributed by atoms with Gasteiger partial charge in [0.2, 0.25) is 5.91 Å². The fraction of sp³-hybridized carbons (Fsp3) is 0.421. The molecule has 1 aliphatic heterocycles. The molecular formula is C19H24N2O. The Morgan fingerprint density at radius 1 is 1.27 bits per heavy atom. The molecule has 2 aromatic rings. The quantitative estimate of drug-likeness (QED) is 0.845. The molecular weight excluding hydrogens is 272 g/mol. The summed E-state index contributed by atoms with van der Waals surface area (Å²) in [5.41, 5.74) is 3.94. The number of aryl methyl sites for hydroxylation is 1. The molecule has 0 N–H and O–H groups in total. The van der Waals surface area contributed by atoms with E-state index >= 15 is 0 Å². The van der Waals surface area contributed by atoms with Crippen molar-refractivity contribution >= 4 is 22.4 Å². The first-order valence-corrected chi connectivity index (χ1v) is 8.07. The maximum atomic E-state index is 12.2. The van der Waals surface area contributed by atoms with Crippen LogP contribution in [0.2, 0.25) is 0 Å². The van der Waals surface area contributed by atoms with Crippen LogP contribution >= 0.6 is 0 Å². The van der Waals surface area contributed by atoms with E-state index in [-0.39, 0.29) is 5.91 Å². The van der Waals surface area contributed by atoms with Gasteiger partial charge in [-0.15, -0.1) is 0 Å². The Hall–Kier alpha value is -2.03. The summed E-state index contributed by atoms with van der Waals surface area (Å²) in [5, 5.41) is 1.30. The average molecular weight is 296 g/mol. The van der Waals surface area contributed by atoms with E-state index in [0.29, 0.717) is 12.3 Å². The van der Waals surface area contributed by atoms with Crippen LogP contribution in [0.4, 0.5) is 0 Å². The number of hydrogen-bond donors (Lipinski definition) is 0. The van der Waals surface area contributed by atoms with Gasteiger partial charge in [-0.05, 0) is 24.0 Å². The fourth-order valence-corrected chi connectivity index (χ4v) is 3.22. The molecule has 3 rings (SSSR count). The standard InChI is InChI=1S/C19H24N2O/c1-14(2)12-19(22)21-10-8-15(9-11-21)17-13-20(3)18-7-5-4-6-16(17)18/h4-8,13-14H,9-12H2,1-3H3. The SMILES string of the molecule is CC(C)CC(=O)N1CC=C(c2cn(C)c3ccccc23)CC1. The molecule has 0 saturated carbocycles. The van der Waals surface area contributed by atoms with Gasteiger partial charge in [0.25, 0.3) is 0 Å². The summed E-state index contributed by atoms with van der Waals surface area (Å²) < 4.78 is 2.18. The molecule has 0 unspecified atom stereocenters. The lowest BCUT2D eigenvalue weighted by Crippen LogP contribution is -2.35. The number of para-hydroxylation sites is 1. The Morgan fingerprint density at radius 3 is 2.73 bits per heavy atom. The van der Waals surface area contributed by atoms with Gasteiger partial charge in [0.1, 0.15) is 0 Å². The van der Waals surface area contributed by atoms with Gasteiger partial charge in [0, 0.05) is 49.2 Å². The molecule has 0 atom stereocenters. The molecule has 3 nitrogen and oxygen atoms in total. The van der Waals surface area contributed by atoms with Crippen LogP contribution in [-0.2, 0) is 11.8 Å². The van der Waals surface area contributed by atoms with Crippen LogP contribution in [0.1, 0.15) is 32.3 Å². The Balaban J connectivity index is 1.82. The third kappa shape index (κ3) is 2.80. The van der Waals surface area contributed by atoms with E-state index in [1.165, 1.54) is 22.0 Å². The van der Waals surface area contributed by atoms with E-state index in [9.17, 15) is 4.79 Å². The van der Waals surface area contributed by atoms with Crippen LogP contribution in [0.5, 0.6) is 0 Å². The fourth-order valence-electron chi connectivity index (χ4n) is 3.22. The van der Waals surface area contributed by atoms with Gasteiger partial charge < -0.3 is 9.47 Å². The van der Waals surface area contributed by atoms with Gasteiger partial charge >= 0.3 is 0 Å². The van der Waals surface area contributed by atoms with E-state index in [4.69, 9.17) is 0 Å². The van der Waals surface area contributed by atoms with Crippen molar-refractivity contribution in [1.82, 2.24) is 9.47 Å². The van der Waals surface area contributed by atoms with Crippen LogP contribution in [0.3, 0.4) is 0 Å². The lowest BCUT2D eigenvalue weighted by molar-refractivity contribution is -0.131. The minimum atomic E-state index is 0.281. The molecule has 0 spiro atoms. The van der Waals surface area contributed by atoms with Crippen molar-refractivity contribution in [1.29, 1.82) is 0 Å². The second-order valence-corrected chi connectivity index (χ2v) is 6.59. The average Bonchev–Trinajstić information content (AvgIpc) is 2.84. The summed E-state index contributed by atoms with van der Waals surface area (Å²) in [6.45, 7) is 5.77. The molecule has 0 bridgehead atoms. The number of nitrogens with zero attached hydrogens (tertiary/aromatic N) is 2. The zero-order valence-corrected chi connectivity index (χ0v) is 13.7. The highest BCUT2D eigenvalue weighted by Crippen LogP contribution is 2.30. The Labute approximate surface area is 132 Å². The summed E-state index contributed by atoms with van der Waals surface area (Å²) in [5.74, 6) is 0.708. The Kier molecular flexibility index (Phi) is 4.06. The van der Waals surface area contributed by atoms with Crippen LogP contribution in [0, 0.1) is 5.92 Å². The molecule has 3 heteroatoms. The molecule has 2 heterocycles. The molecule has 0 aliphatic carbocycles. The second kappa shape index (κ2) is 5.99. The third-order valence-corrected chi connectivity index (χ3v) is 4.39. The minimum Gasteiger partial charge on any atom is -0.350 e. The summed E-state index contributed by atoms with van der Waals surface area (Å²) in [6.07, 6.45) is 6.03. The monoisotopic (exact) mass is 296 g/mol. The Bertz CT molecular complexity index is 724. The van der Waals surface area contributed by atoms with Crippen molar-refractivity contribution in [2.75, 3.05) is 13.1 Å². The molecule has 1 aromatic heterocycles. The first-order chi connectivity index (χ1) is 10.6. The van der Waals surface area contributed by atoms with Crippen molar-refractivity contribution in [2.45, 2.75) is 26.7 Å². The molecule has 0 saturated heterocycles. The van der Waals surface area contributed by atoms with Crippen molar-refractivity contribution in [2.24, 2.45) is 13.0 Å². The first-order valence-electron chi connectivity index (χ1n) is 8.07. The topological polar surface area (TPSA) is 25.2 Å². The van der Waals surface area contributed by atoms with Crippen LogP contribution in [0.15, 0.2) is 36.5 Å². The maximum Gasteiger partial charge on any atom is 0.223 e. The number of benzene rings is 1. The number of amides is 1. The van der Waals surface area contributed by atoms with Gasteiger partial charge in [-0.25, -0.2) is 0 Å². The molecule has 116 valence electrons. The van der Waals surface area contributed by atoms with Crippen molar-refractivity contribution in [3.8, 4) is 0 Å². The van der Waals surface area contributed by atoms with E-state index in [1.54, 1.807) is 0 Å². The number of fused-ring (bicyclic) bond motifs is 1. The zero-order valence-electron chi connectivity index (χ0n) is 13.7. The highest BCUT2D eigenvalue weighted by molar-refractivity contribution is 5.93. The van der Waals surface area contributed by atoms with Gasteiger partial charge in [-0.2, -0.15) is 0 Å². The number of rotatable bonds is 3. The summed E-state index contributed by atoms with van der Waals surface area (Å²) in [7, 11) is 2.09. The van der Waals surface area contributed by atoms with Gasteiger partial charge in [0.05, 0.1) is 0 Å². The van der Waals surface area contributed by atoms with E-state index in [2.05, 4.69) is 62.0 Å². The van der Waals surface area contributed by atoms with Crippen LogP contribution in [-0.4, -0.2) is 28.5 Å². The van der Waals surface area contributed by atoms with Crippen molar-refractivity contribution in [3.05, 3.63) is 42.1 Å². The predicted octanol–water partition coefficient (Wildman–Crippen LogP) is 3.84.